The lowest BCUT2D eigenvalue weighted by molar-refractivity contribution is 0.0327. The first-order valence-corrected chi connectivity index (χ1v) is 14.1. The summed E-state index contributed by atoms with van der Waals surface area (Å²) in [7, 11) is 1.99. The highest BCUT2D eigenvalue weighted by Gasteiger charge is 2.22. The molecule has 2 rings (SSSR count). The second-order valence-corrected chi connectivity index (χ2v) is 11.6. The number of likely N-dealkylation sites (N-methyl/N-ethyl adjacent to an activating group) is 1. The van der Waals surface area contributed by atoms with Crippen LogP contribution in [0.2, 0.25) is 0 Å². The van der Waals surface area contributed by atoms with Gasteiger partial charge in [0.05, 0.1) is 23.3 Å². The van der Waals surface area contributed by atoms with Crippen molar-refractivity contribution < 1.29 is 13.2 Å². The standard InChI is InChI=1S/C33H46F3N5/c1-11-32(8,12-2)15-16-40(10)25(7)24(6)13-14-28(39-21-33(9,35)36)26(17-22(3)4)30(37)29-19-38-31-27(34)18-23(5)20-41(29)31/h14,17-20H,7,11-12,15-16,21,37H2,1-6,8-10H3. The van der Waals surface area contributed by atoms with Crippen LogP contribution in [-0.2, 0) is 0 Å². The molecule has 2 N–H and O–H groups in total. The van der Waals surface area contributed by atoms with Crippen molar-refractivity contribution in [3.8, 4) is 0 Å². The molecule has 41 heavy (non-hydrogen) atoms. The Balaban J connectivity index is 2.65. The third-order valence-corrected chi connectivity index (χ3v) is 7.58. The second kappa shape index (κ2) is 13.9. The first kappa shape index (κ1) is 33.7. The molecule has 224 valence electrons. The Hall–Kier alpha value is -3.51. The average molecular weight is 570 g/mol. The van der Waals surface area contributed by atoms with Gasteiger partial charge in [-0.3, -0.25) is 9.39 Å². The first-order chi connectivity index (χ1) is 19.0. The molecule has 5 nitrogen and oxygen atoms in total. The molecule has 2 heterocycles. The predicted molar refractivity (Wildman–Crippen MR) is 166 cm³/mol. The number of aryl methyl sites for hydroxylation is 1. The monoisotopic (exact) mass is 569 g/mol. The number of alkyl halides is 2. The Bertz CT molecular complexity index is 1400. The Kier molecular flexibility index (Phi) is 11.4. The number of aliphatic imine (C=N–C) groups is 1. The van der Waals surface area contributed by atoms with E-state index in [1.807, 2.05) is 27.8 Å². The van der Waals surface area contributed by atoms with Crippen LogP contribution in [0.4, 0.5) is 13.2 Å². The smallest absolute Gasteiger partial charge is 0.264 e. The van der Waals surface area contributed by atoms with Gasteiger partial charge in [0.15, 0.2) is 11.5 Å². The number of fused-ring (bicyclic) bond motifs is 1. The lowest BCUT2D eigenvalue weighted by atomic mass is 9.81. The van der Waals surface area contributed by atoms with E-state index in [9.17, 15) is 13.2 Å². The summed E-state index contributed by atoms with van der Waals surface area (Å²) < 4.78 is 44.1. The molecule has 2 aromatic heterocycles. The van der Waals surface area contributed by atoms with E-state index in [1.165, 1.54) is 12.3 Å². The van der Waals surface area contributed by atoms with Crippen LogP contribution in [0.3, 0.4) is 0 Å². The van der Waals surface area contributed by atoms with Gasteiger partial charge in [0.25, 0.3) is 5.92 Å². The van der Waals surface area contributed by atoms with E-state index in [0.29, 0.717) is 16.8 Å². The van der Waals surface area contributed by atoms with Crippen molar-refractivity contribution in [2.24, 2.45) is 16.1 Å². The molecule has 0 saturated heterocycles. The molecule has 0 aliphatic carbocycles. The number of nitrogens with two attached hydrogens (primary N) is 1. The molecular formula is C33H46F3N5. The van der Waals surface area contributed by atoms with Crippen LogP contribution >= 0.6 is 0 Å². The van der Waals surface area contributed by atoms with Crippen molar-refractivity contribution in [2.75, 3.05) is 20.1 Å². The van der Waals surface area contributed by atoms with E-state index >= 15 is 0 Å². The van der Waals surface area contributed by atoms with Crippen LogP contribution in [-0.4, -0.2) is 46.1 Å². The fourth-order valence-corrected chi connectivity index (χ4v) is 4.24. The number of aromatic nitrogens is 2. The topological polar surface area (TPSA) is 58.9 Å². The average Bonchev–Trinajstić information content (AvgIpc) is 3.33. The van der Waals surface area contributed by atoms with Gasteiger partial charge in [0, 0.05) is 49.6 Å². The molecule has 0 aliphatic rings. The van der Waals surface area contributed by atoms with E-state index in [1.54, 1.807) is 29.7 Å². The van der Waals surface area contributed by atoms with Crippen molar-refractivity contribution >= 4 is 17.1 Å². The van der Waals surface area contributed by atoms with E-state index in [4.69, 9.17) is 5.73 Å². The Morgan fingerprint density at radius 2 is 1.85 bits per heavy atom. The van der Waals surface area contributed by atoms with Gasteiger partial charge in [-0.1, -0.05) is 51.8 Å². The molecule has 0 saturated carbocycles. The fraction of sp³-hybridized carbons (Fsp3) is 0.485. The summed E-state index contributed by atoms with van der Waals surface area (Å²) in [5.41, 5.74) is 14.6. The summed E-state index contributed by atoms with van der Waals surface area (Å²) >= 11 is 0. The van der Waals surface area contributed by atoms with E-state index < -0.39 is 18.3 Å². The molecule has 0 fully saturated rings. The van der Waals surface area contributed by atoms with Crippen LogP contribution in [0, 0.1) is 18.2 Å². The maximum atomic E-state index is 14.6. The summed E-state index contributed by atoms with van der Waals surface area (Å²) in [6.07, 6.45) is 9.76. The zero-order valence-corrected chi connectivity index (χ0v) is 26.1. The normalized spacial score (nSPS) is 13.0. The van der Waals surface area contributed by atoms with Gasteiger partial charge in [0.1, 0.15) is 6.54 Å². The number of hydrogen-bond donors (Lipinski definition) is 1. The van der Waals surface area contributed by atoms with Crippen molar-refractivity contribution in [1.82, 2.24) is 14.3 Å². The van der Waals surface area contributed by atoms with Crippen LogP contribution < -0.4 is 5.73 Å². The lowest BCUT2D eigenvalue weighted by Crippen LogP contribution is -2.25. The van der Waals surface area contributed by atoms with Gasteiger partial charge >= 0.3 is 0 Å². The predicted octanol–water partition coefficient (Wildman–Crippen LogP) is 8.28. The fourth-order valence-electron chi connectivity index (χ4n) is 4.24. The Morgan fingerprint density at radius 3 is 2.41 bits per heavy atom. The van der Waals surface area contributed by atoms with Crippen LogP contribution in [0.25, 0.3) is 11.3 Å². The minimum atomic E-state index is -3.03. The number of hydrogen-bond acceptors (Lipinski definition) is 4. The third-order valence-electron chi connectivity index (χ3n) is 7.58. The van der Waals surface area contributed by atoms with Gasteiger partial charge in [-0.15, -0.1) is 5.73 Å². The SMILES string of the molecule is C=C(C(C)=C=CC(=NCC(C)(F)F)C(C=C(C)C)=C(N)c1cnc2c(F)cc(C)cn12)N(C)CCC(C)(CC)CC. The first-order valence-electron chi connectivity index (χ1n) is 14.1. The number of imidazole rings is 1. The third kappa shape index (κ3) is 9.25. The molecule has 0 atom stereocenters. The van der Waals surface area contributed by atoms with Crippen LogP contribution in [0.15, 0.2) is 70.3 Å². The molecule has 0 unspecified atom stereocenters. The number of pyridine rings is 1. The van der Waals surface area contributed by atoms with Gasteiger partial charge in [-0.2, -0.15) is 0 Å². The number of allylic oxidation sites excluding steroid dienone is 4. The molecule has 0 radical (unpaired) electrons. The maximum Gasteiger partial charge on any atom is 0.264 e. The Labute approximate surface area is 243 Å². The molecule has 2 aromatic rings. The van der Waals surface area contributed by atoms with Gasteiger partial charge in [-0.05, 0) is 51.2 Å². The van der Waals surface area contributed by atoms with E-state index in [2.05, 4.69) is 48.0 Å². The van der Waals surface area contributed by atoms with Gasteiger partial charge in [0.2, 0.25) is 0 Å². The highest BCUT2D eigenvalue weighted by molar-refractivity contribution is 6.14. The van der Waals surface area contributed by atoms with Crippen molar-refractivity contribution in [3.63, 3.8) is 0 Å². The van der Waals surface area contributed by atoms with E-state index in [0.717, 1.165) is 49.6 Å². The number of rotatable bonds is 13. The van der Waals surface area contributed by atoms with E-state index in [-0.39, 0.29) is 22.5 Å². The molecule has 0 bridgehead atoms. The quantitative estimate of drug-likeness (QED) is 0.150. The lowest BCUT2D eigenvalue weighted by Gasteiger charge is -2.30. The summed E-state index contributed by atoms with van der Waals surface area (Å²) in [6, 6.07) is 1.39. The van der Waals surface area contributed by atoms with Crippen molar-refractivity contribution in [2.45, 2.75) is 80.6 Å². The highest BCUT2D eigenvalue weighted by atomic mass is 19.3. The van der Waals surface area contributed by atoms with Crippen molar-refractivity contribution in [3.05, 3.63) is 82.4 Å². The summed E-state index contributed by atoms with van der Waals surface area (Å²) in [6.45, 7) is 19.3. The molecule has 0 spiro atoms. The summed E-state index contributed by atoms with van der Waals surface area (Å²) in [5.74, 6) is -3.51. The van der Waals surface area contributed by atoms with Gasteiger partial charge in [-0.25, -0.2) is 18.2 Å². The maximum absolute atomic E-state index is 14.6. The summed E-state index contributed by atoms with van der Waals surface area (Å²) in [4.78, 5) is 10.6. The van der Waals surface area contributed by atoms with Crippen LogP contribution in [0.5, 0.6) is 0 Å². The van der Waals surface area contributed by atoms with Crippen LogP contribution in [0.1, 0.15) is 79.0 Å². The molecule has 0 aliphatic heterocycles. The molecular weight excluding hydrogens is 523 g/mol. The highest BCUT2D eigenvalue weighted by Crippen LogP contribution is 2.30. The second-order valence-electron chi connectivity index (χ2n) is 11.6. The van der Waals surface area contributed by atoms with Gasteiger partial charge < -0.3 is 10.6 Å². The molecule has 0 amide bonds. The molecule has 0 aromatic carbocycles. The largest absolute Gasteiger partial charge is 0.396 e. The number of nitrogens with zero attached hydrogens (tertiary/aromatic N) is 4. The minimum absolute atomic E-state index is 0.122. The molecule has 8 heteroatoms. The Morgan fingerprint density at radius 1 is 1.22 bits per heavy atom. The zero-order valence-electron chi connectivity index (χ0n) is 26.1. The number of halogens is 3. The zero-order chi connectivity index (χ0) is 31.1. The van der Waals surface area contributed by atoms with Crippen molar-refractivity contribution in [1.29, 1.82) is 0 Å². The summed E-state index contributed by atoms with van der Waals surface area (Å²) in [5, 5.41) is 0. The minimum Gasteiger partial charge on any atom is -0.396 e.